The molecule has 1 aromatic rings. The molecule has 0 fully saturated rings. The Kier molecular flexibility index (Phi) is 4.95. The lowest BCUT2D eigenvalue weighted by Gasteiger charge is -2.14. The topological polar surface area (TPSA) is 34.1 Å². The molecule has 0 aromatic carbocycles. The van der Waals surface area contributed by atoms with Crippen molar-refractivity contribution in [2.45, 2.75) is 39.2 Å². The molecule has 0 saturated heterocycles. The van der Waals surface area contributed by atoms with Gasteiger partial charge in [0.2, 0.25) is 5.88 Å². The molecule has 1 rings (SSSR count). The van der Waals surface area contributed by atoms with E-state index in [1.807, 2.05) is 12.1 Å². The van der Waals surface area contributed by atoms with Gasteiger partial charge in [0.05, 0.1) is 19.0 Å². The maximum Gasteiger partial charge on any atom is 0.213 e. The van der Waals surface area contributed by atoms with Gasteiger partial charge in [-0.2, -0.15) is 0 Å². The molecule has 0 amide bonds. The van der Waals surface area contributed by atoms with E-state index in [2.05, 4.69) is 24.1 Å². The van der Waals surface area contributed by atoms with E-state index in [9.17, 15) is 0 Å². The maximum atomic E-state index is 5.00. The Morgan fingerprint density at radius 2 is 2.27 bits per heavy atom. The van der Waals surface area contributed by atoms with Gasteiger partial charge in [0.25, 0.3) is 0 Å². The predicted molar refractivity (Wildman–Crippen MR) is 63.4 cm³/mol. The second-order valence-corrected chi connectivity index (χ2v) is 3.78. The summed E-state index contributed by atoms with van der Waals surface area (Å²) < 4.78 is 5.00. The number of hydrogen-bond donors (Lipinski definition) is 1. The van der Waals surface area contributed by atoms with Gasteiger partial charge in [0.15, 0.2) is 0 Å². The molecule has 15 heavy (non-hydrogen) atoms. The molecule has 0 aliphatic heterocycles. The number of nitrogens with one attached hydrogen (secondary N) is 1. The Balaban J connectivity index is 2.42. The highest BCUT2D eigenvalue weighted by Gasteiger charge is 2.01. The summed E-state index contributed by atoms with van der Waals surface area (Å²) in [4.78, 5) is 4.15. The van der Waals surface area contributed by atoms with Gasteiger partial charge < -0.3 is 10.1 Å². The zero-order valence-corrected chi connectivity index (χ0v) is 9.79. The monoisotopic (exact) mass is 208 g/mol. The van der Waals surface area contributed by atoms with E-state index < -0.39 is 0 Å². The molecule has 0 bridgehead atoms. The first-order chi connectivity index (χ1) is 7.26. The second-order valence-electron chi connectivity index (χ2n) is 3.78. The molecule has 1 atom stereocenters. The minimum absolute atomic E-state index is 0.500. The smallest absolute Gasteiger partial charge is 0.213 e. The van der Waals surface area contributed by atoms with Crippen LogP contribution in [0.5, 0.6) is 5.88 Å². The lowest BCUT2D eigenvalue weighted by Crippen LogP contribution is -2.14. The number of rotatable bonds is 6. The van der Waals surface area contributed by atoms with Crippen LogP contribution in [0.2, 0.25) is 0 Å². The normalized spacial score (nSPS) is 12.2. The van der Waals surface area contributed by atoms with Crippen LogP contribution in [0, 0.1) is 0 Å². The van der Waals surface area contributed by atoms with Crippen molar-refractivity contribution in [2.24, 2.45) is 0 Å². The van der Waals surface area contributed by atoms with Gasteiger partial charge in [-0.15, -0.1) is 0 Å². The number of aromatic nitrogens is 1. The van der Waals surface area contributed by atoms with Gasteiger partial charge in [-0.25, -0.2) is 4.98 Å². The minimum Gasteiger partial charge on any atom is -0.481 e. The first kappa shape index (κ1) is 11.8. The van der Waals surface area contributed by atoms with Crippen molar-refractivity contribution in [3.63, 3.8) is 0 Å². The summed E-state index contributed by atoms with van der Waals surface area (Å²) in [6.07, 6.45) is 5.51. The fraction of sp³-hybridized carbons (Fsp3) is 0.583. The summed E-state index contributed by atoms with van der Waals surface area (Å²) in [6, 6.07) is 4.36. The summed E-state index contributed by atoms with van der Waals surface area (Å²) in [6.45, 7) is 4.40. The van der Waals surface area contributed by atoms with Gasteiger partial charge in [-0.1, -0.05) is 19.8 Å². The molecule has 84 valence electrons. The summed E-state index contributed by atoms with van der Waals surface area (Å²) in [5.41, 5.74) is 1.06. The average molecular weight is 208 g/mol. The highest BCUT2D eigenvalue weighted by atomic mass is 16.5. The van der Waals surface area contributed by atoms with Crippen LogP contribution in [0.25, 0.3) is 0 Å². The van der Waals surface area contributed by atoms with Gasteiger partial charge >= 0.3 is 0 Å². The van der Waals surface area contributed by atoms with Crippen LogP contribution in [0.1, 0.15) is 33.1 Å². The quantitative estimate of drug-likeness (QED) is 0.780. The Hall–Kier alpha value is -1.25. The Labute approximate surface area is 91.9 Å². The Bertz CT molecular complexity index is 271. The van der Waals surface area contributed by atoms with E-state index in [1.165, 1.54) is 19.3 Å². The average Bonchev–Trinajstić information content (AvgIpc) is 2.27. The first-order valence-corrected chi connectivity index (χ1v) is 5.52. The minimum atomic E-state index is 0.500. The SMILES string of the molecule is CCCCC(C)Nc1ccc(OC)nc1. The van der Waals surface area contributed by atoms with Crippen LogP contribution in [0.15, 0.2) is 18.3 Å². The lowest BCUT2D eigenvalue weighted by atomic mass is 10.1. The van der Waals surface area contributed by atoms with Crippen LogP contribution < -0.4 is 10.1 Å². The fourth-order valence-electron chi connectivity index (χ4n) is 1.45. The summed E-state index contributed by atoms with van der Waals surface area (Å²) in [7, 11) is 1.62. The number of hydrogen-bond acceptors (Lipinski definition) is 3. The molecule has 0 radical (unpaired) electrons. The largest absolute Gasteiger partial charge is 0.481 e. The van der Waals surface area contributed by atoms with Crippen LogP contribution in [0.4, 0.5) is 5.69 Å². The molecule has 0 saturated carbocycles. The number of ether oxygens (including phenoxy) is 1. The molecule has 3 heteroatoms. The van der Waals surface area contributed by atoms with E-state index in [0.717, 1.165) is 5.69 Å². The second kappa shape index (κ2) is 6.27. The molecular weight excluding hydrogens is 188 g/mol. The summed E-state index contributed by atoms with van der Waals surface area (Å²) >= 11 is 0. The first-order valence-electron chi connectivity index (χ1n) is 5.52. The molecule has 3 nitrogen and oxygen atoms in total. The zero-order valence-electron chi connectivity index (χ0n) is 9.79. The Morgan fingerprint density at radius 1 is 1.47 bits per heavy atom. The molecule has 0 spiro atoms. The van der Waals surface area contributed by atoms with Crippen molar-refractivity contribution in [2.75, 3.05) is 12.4 Å². The van der Waals surface area contributed by atoms with E-state index in [-0.39, 0.29) is 0 Å². The molecule has 0 aliphatic carbocycles. The third kappa shape index (κ3) is 4.19. The van der Waals surface area contributed by atoms with Crippen molar-refractivity contribution >= 4 is 5.69 Å². The van der Waals surface area contributed by atoms with Gasteiger partial charge in [0, 0.05) is 12.1 Å². The number of anilines is 1. The zero-order chi connectivity index (χ0) is 11.1. The number of nitrogens with zero attached hydrogens (tertiary/aromatic N) is 1. The van der Waals surface area contributed by atoms with Crippen molar-refractivity contribution in [3.8, 4) is 5.88 Å². The van der Waals surface area contributed by atoms with Crippen molar-refractivity contribution in [1.82, 2.24) is 4.98 Å². The molecular formula is C12H20N2O. The van der Waals surface area contributed by atoms with E-state index in [4.69, 9.17) is 4.74 Å². The van der Waals surface area contributed by atoms with Crippen molar-refractivity contribution in [1.29, 1.82) is 0 Å². The summed E-state index contributed by atoms with van der Waals surface area (Å²) in [5, 5.41) is 3.41. The van der Waals surface area contributed by atoms with Crippen molar-refractivity contribution < 1.29 is 4.74 Å². The molecule has 1 aromatic heterocycles. The van der Waals surface area contributed by atoms with Crippen LogP contribution in [0.3, 0.4) is 0 Å². The van der Waals surface area contributed by atoms with Crippen molar-refractivity contribution in [3.05, 3.63) is 18.3 Å². The van der Waals surface area contributed by atoms with Crippen LogP contribution in [-0.2, 0) is 0 Å². The highest BCUT2D eigenvalue weighted by molar-refractivity contribution is 5.42. The summed E-state index contributed by atoms with van der Waals surface area (Å²) in [5.74, 6) is 0.654. The third-order valence-electron chi connectivity index (χ3n) is 2.35. The van der Waals surface area contributed by atoms with E-state index in [1.54, 1.807) is 13.3 Å². The van der Waals surface area contributed by atoms with Crippen LogP contribution in [-0.4, -0.2) is 18.1 Å². The fourth-order valence-corrected chi connectivity index (χ4v) is 1.45. The van der Waals surface area contributed by atoms with Gasteiger partial charge in [-0.05, 0) is 19.4 Å². The van der Waals surface area contributed by atoms with E-state index in [0.29, 0.717) is 11.9 Å². The maximum absolute atomic E-state index is 5.00. The van der Waals surface area contributed by atoms with Gasteiger partial charge in [0.1, 0.15) is 0 Å². The number of pyridine rings is 1. The number of unbranched alkanes of at least 4 members (excludes halogenated alkanes) is 1. The van der Waals surface area contributed by atoms with Gasteiger partial charge in [-0.3, -0.25) is 0 Å². The molecule has 0 aliphatic rings. The standard InChI is InChI=1S/C12H20N2O/c1-4-5-6-10(2)14-11-7-8-12(15-3)13-9-11/h7-10,14H,4-6H2,1-3H3. The highest BCUT2D eigenvalue weighted by Crippen LogP contribution is 2.13. The predicted octanol–water partition coefficient (Wildman–Crippen LogP) is 3.08. The Morgan fingerprint density at radius 3 is 2.80 bits per heavy atom. The molecule has 1 unspecified atom stereocenters. The molecule has 1 heterocycles. The van der Waals surface area contributed by atoms with E-state index >= 15 is 0 Å². The molecule has 1 N–H and O–H groups in total. The number of methoxy groups -OCH3 is 1. The lowest BCUT2D eigenvalue weighted by molar-refractivity contribution is 0.398. The van der Waals surface area contributed by atoms with Crippen LogP contribution >= 0.6 is 0 Å². The third-order valence-corrected chi connectivity index (χ3v) is 2.35.